The Hall–Kier alpha value is -0.930. The quantitative estimate of drug-likeness (QED) is 0.661. The molecule has 0 aliphatic rings. The van der Waals surface area contributed by atoms with Crippen LogP contribution in [0.15, 0.2) is 36.4 Å². The van der Waals surface area contributed by atoms with Crippen LogP contribution in [0.2, 0.25) is 15.1 Å². The van der Waals surface area contributed by atoms with E-state index in [-0.39, 0.29) is 6.04 Å². The largest absolute Gasteiger partial charge is 0.455 e. The summed E-state index contributed by atoms with van der Waals surface area (Å²) in [7, 11) is 0. The van der Waals surface area contributed by atoms with Crippen LogP contribution in [0.4, 0.5) is 0 Å². The van der Waals surface area contributed by atoms with E-state index in [9.17, 15) is 0 Å². The maximum Gasteiger partial charge on any atom is 0.147 e. The second-order valence-corrected chi connectivity index (χ2v) is 5.84. The lowest BCUT2D eigenvalue weighted by atomic mass is 10.1. The zero-order chi connectivity index (χ0) is 15.4. The third kappa shape index (κ3) is 4.04. The van der Waals surface area contributed by atoms with Crippen molar-refractivity contribution in [2.45, 2.75) is 19.9 Å². The van der Waals surface area contributed by atoms with Crippen LogP contribution in [0.3, 0.4) is 0 Å². The molecule has 5 heteroatoms. The molecule has 1 atom stereocenters. The Labute approximate surface area is 140 Å². The third-order valence-corrected chi connectivity index (χ3v) is 4.11. The predicted molar refractivity (Wildman–Crippen MR) is 90.1 cm³/mol. The van der Waals surface area contributed by atoms with Gasteiger partial charge in [-0.05, 0) is 25.6 Å². The van der Waals surface area contributed by atoms with Crippen molar-refractivity contribution in [3.05, 3.63) is 57.0 Å². The van der Waals surface area contributed by atoms with Gasteiger partial charge in [-0.15, -0.1) is 0 Å². The van der Waals surface area contributed by atoms with Gasteiger partial charge in [-0.2, -0.15) is 0 Å². The maximum atomic E-state index is 6.16. The molecule has 0 saturated carbocycles. The fraction of sp³-hybridized carbons (Fsp3) is 0.250. The van der Waals surface area contributed by atoms with Crippen molar-refractivity contribution in [3.63, 3.8) is 0 Å². The first-order valence-corrected chi connectivity index (χ1v) is 7.81. The molecule has 0 spiro atoms. The Kier molecular flexibility index (Phi) is 5.77. The highest BCUT2D eigenvalue weighted by Gasteiger charge is 2.13. The summed E-state index contributed by atoms with van der Waals surface area (Å²) in [6, 6.07) is 11.2. The number of benzene rings is 2. The number of para-hydroxylation sites is 1. The van der Waals surface area contributed by atoms with E-state index in [1.54, 1.807) is 12.1 Å². The summed E-state index contributed by atoms with van der Waals surface area (Å²) in [6.45, 7) is 5.03. The topological polar surface area (TPSA) is 21.3 Å². The number of nitrogens with one attached hydrogen (secondary N) is 1. The summed E-state index contributed by atoms with van der Waals surface area (Å²) in [4.78, 5) is 0. The molecule has 2 rings (SSSR count). The number of rotatable bonds is 5. The summed E-state index contributed by atoms with van der Waals surface area (Å²) in [5.74, 6) is 1.23. The highest BCUT2D eigenvalue weighted by molar-refractivity contribution is 6.43. The van der Waals surface area contributed by atoms with Crippen molar-refractivity contribution in [1.82, 2.24) is 5.32 Å². The van der Waals surface area contributed by atoms with Crippen molar-refractivity contribution >= 4 is 34.8 Å². The van der Waals surface area contributed by atoms with Gasteiger partial charge in [-0.1, -0.05) is 59.9 Å². The van der Waals surface area contributed by atoms with Crippen LogP contribution in [-0.4, -0.2) is 6.54 Å². The molecule has 1 unspecified atom stereocenters. The molecule has 0 aromatic heterocycles. The van der Waals surface area contributed by atoms with E-state index in [2.05, 4.69) is 19.2 Å². The second-order valence-electron chi connectivity index (χ2n) is 4.62. The zero-order valence-corrected chi connectivity index (χ0v) is 14.1. The number of hydrogen-bond donors (Lipinski definition) is 1. The molecule has 0 aliphatic carbocycles. The lowest BCUT2D eigenvalue weighted by Gasteiger charge is -2.18. The van der Waals surface area contributed by atoms with Gasteiger partial charge in [0.25, 0.3) is 0 Å². The average molecular weight is 345 g/mol. The molecule has 0 fully saturated rings. The minimum Gasteiger partial charge on any atom is -0.455 e. The standard InChI is InChI=1S/C16H16Cl3NO/c1-3-20-10(2)11-6-4-5-7-15(11)21-16-9-13(18)12(17)8-14(16)19/h4-10,20H,3H2,1-2H3. The molecule has 112 valence electrons. The first-order chi connectivity index (χ1) is 10.0. The van der Waals surface area contributed by atoms with E-state index in [0.717, 1.165) is 17.9 Å². The van der Waals surface area contributed by atoms with Crippen LogP contribution >= 0.6 is 34.8 Å². The van der Waals surface area contributed by atoms with E-state index >= 15 is 0 Å². The molecule has 1 N–H and O–H groups in total. The predicted octanol–water partition coefficient (Wildman–Crippen LogP) is 6.11. The lowest BCUT2D eigenvalue weighted by molar-refractivity contribution is 0.463. The molecule has 21 heavy (non-hydrogen) atoms. The van der Waals surface area contributed by atoms with Crippen LogP contribution in [-0.2, 0) is 0 Å². The SMILES string of the molecule is CCNC(C)c1ccccc1Oc1cc(Cl)c(Cl)cc1Cl. The van der Waals surface area contributed by atoms with E-state index in [0.29, 0.717) is 20.8 Å². The molecule has 2 nitrogen and oxygen atoms in total. The Morgan fingerprint density at radius 1 is 1.00 bits per heavy atom. The Morgan fingerprint density at radius 3 is 2.38 bits per heavy atom. The van der Waals surface area contributed by atoms with Gasteiger partial charge in [0, 0.05) is 17.7 Å². The molecule has 0 bridgehead atoms. The third-order valence-electron chi connectivity index (χ3n) is 3.09. The van der Waals surface area contributed by atoms with Crippen LogP contribution < -0.4 is 10.1 Å². The first-order valence-electron chi connectivity index (χ1n) is 6.67. The maximum absolute atomic E-state index is 6.16. The van der Waals surface area contributed by atoms with Gasteiger partial charge in [-0.25, -0.2) is 0 Å². The Morgan fingerprint density at radius 2 is 1.67 bits per heavy atom. The fourth-order valence-corrected chi connectivity index (χ4v) is 2.62. The molecule has 0 amide bonds. The minimum absolute atomic E-state index is 0.174. The van der Waals surface area contributed by atoms with Crippen LogP contribution in [0, 0.1) is 0 Å². The van der Waals surface area contributed by atoms with Crippen LogP contribution in [0.25, 0.3) is 0 Å². The second kappa shape index (κ2) is 7.37. The fourth-order valence-electron chi connectivity index (χ4n) is 2.05. The zero-order valence-electron chi connectivity index (χ0n) is 11.8. The number of ether oxygens (including phenoxy) is 1. The van der Waals surface area contributed by atoms with E-state index < -0.39 is 0 Å². The summed E-state index contributed by atoms with van der Waals surface area (Å²) in [5.41, 5.74) is 1.06. The Bertz CT molecular complexity index is 631. The Balaban J connectivity index is 2.34. The molecule has 2 aromatic rings. The molecule has 0 heterocycles. The summed E-state index contributed by atoms with van der Waals surface area (Å²) in [6.07, 6.45) is 0. The normalized spacial score (nSPS) is 12.2. The van der Waals surface area contributed by atoms with Crippen molar-refractivity contribution in [1.29, 1.82) is 0 Å². The number of halogens is 3. The monoisotopic (exact) mass is 343 g/mol. The van der Waals surface area contributed by atoms with E-state index in [4.69, 9.17) is 39.5 Å². The smallest absolute Gasteiger partial charge is 0.147 e. The van der Waals surface area contributed by atoms with Crippen molar-refractivity contribution in [2.24, 2.45) is 0 Å². The van der Waals surface area contributed by atoms with Gasteiger partial charge in [0.05, 0.1) is 15.1 Å². The summed E-state index contributed by atoms with van der Waals surface area (Å²) < 4.78 is 5.93. The van der Waals surface area contributed by atoms with Gasteiger partial charge < -0.3 is 10.1 Å². The van der Waals surface area contributed by atoms with E-state index in [1.165, 1.54) is 0 Å². The molecule has 0 aliphatic heterocycles. The van der Waals surface area contributed by atoms with Gasteiger partial charge >= 0.3 is 0 Å². The lowest BCUT2D eigenvalue weighted by Crippen LogP contribution is -2.18. The van der Waals surface area contributed by atoms with Gasteiger partial charge in [0.1, 0.15) is 11.5 Å². The van der Waals surface area contributed by atoms with Gasteiger partial charge in [-0.3, -0.25) is 0 Å². The summed E-state index contributed by atoms with van der Waals surface area (Å²) >= 11 is 18.1. The highest BCUT2D eigenvalue weighted by Crippen LogP contribution is 2.38. The van der Waals surface area contributed by atoms with Gasteiger partial charge in [0.2, 0.25) is 0 Å². The molecule has 0 radical (unpaired) electrons. The van der Waals surface area contributed by atoms with Crippen molar-refractivity contribution in [2.75, 3.05) is 6.54 Å². The molecule has 2 aromatic carbocycles. The minimum atomic E-state index is 0.174. The first kappa shape index (κ1) is 16.4. The highest BCUT2D eigenvalue weighted by atomic mass is 35.5. The van der Waals surface area contributed by atoms with E-state index in [1.807, 2.05) is 24.3 Å². The molecular formula is C16H16Cl3NO. The van der Waals surface area contributed by atoms with Crippen LogP contribution in [0.5, 0.6) is 11.5 Å². The van der Waals surface area contributed by atoms with Crippen molar-refractivity contribution in [3.8, 4) is 11.5 Å². The summed E-state index contributed by atoms with van der Waals surface area (Å²) in [5, 5.41) is 4.61. The van der Waals surface area contributed by atoms with Crippen molar-refractivity contribution < 1.29 is 4.74 Å². The van der Waals surface area contributed by atoms with Crippen LogP contribution in [0.1, 0.15) is 25.5 Å². The number of hydrogen-bond acceptors (Lipinski definition) is 2. The van der Waals surface area contributed by atoms with Gasteiger partial charge in [0.15, 0.2) is 0 Å². The molecule has 0 saturated heterocycles. The average Bonchev–Trinajstić information content (AvgIpc) is 2.45. The molecular weight excluding hydrogens is 329 g/mol.